The summed E-state index contributed by atoms with van der Waals surface area (Å²) < 4.78 is 1.48. The fraction of sp³-hybridized carbons (Fsp3) is 0. The predicted octanol–water partition coefficient (Wildman–Crippen LogP) is -1.91. The molecule has 19 heavy (non-hydrogen) atoms. The van der Waals surface area contributed by atoms with Crippen LogP contribution in [0.5, 0.6) is 0 Å². The second kappa shape index (κ2) is 5.79. The minimum Gasteiger partial charge on any atom is -0.545 e. The third-order valence-electron chi connectivity index (χ3n) is 2.33. The molecule has 0 radical (unpaired) electrons. The zero-order valence-corrected chi connectivity index (χ0v) is 11.7. The SMILES string of the molecule is O=C([O-])c1ccc([N+](=O)[O-])cc1[I+]c1ccccc1. The summed E-state index contributed by atoms with van der Waals surface area (Å²) in [4.78, 5) is 21.2. The van der Waals surface area contributed by atoms with Crippen molar-refractivity contribution in [2.24, 2.45) is 0 Å². The van der Waals surface area contributed by atoms with Gasteiger partial charge in [-0.25, -0.2) is 0 Å². The molecular formula is C13H8INO4. The molecule has 0 unspecified atom stereocenters. The van der Waals surface area contributed by atoms with Crippen LogP contribution >= 0.6 is 0 Å². The predicted molar refractivity (Wildman–Crippen MR) is 61.3 cm³/mol. The van der Waals surface area contributed by atoms with Gasteiger partial charge in [0.15, 0.2) is 3.57 Å². The lowest BCUT2D eigenvalue weighted by atomic mass is 10.2. The van der Waals surface area contributed by atoms with Crippen molar-refractivity contribution in [1.29, 1.82) is 0 Å². The second-order valence-electron chi connectivity index (χ2n) is 3.60. The highest BCUT2D eigenvalue weighted by molar-refractivity contribution is 5.85. The number of carbonyl (C=O) groups excluding carboxylic acids is 1. The third kappa shape index (κ3) is 3.28. The highest BCUT2D eigenvalue weighted by Gasteiger charge is 2.23. The van der Waals surface area contributed by atoms with Crippen LogP contribution in [0.1, 0.15) is 10.4 Å². The topological polar surface area (TPSA) is 83.3 Å². The van der Waals surface area contributed by atoms with E-state index in [1.165, 1.54) is 18.2 Å². The van der Waals surface area contributed by atoms with Gasteiger partial charge >= 0.3 is 21.2 Å². The molecule has 0 aromatic heterocycles. The number of aromatic carboxylic acids is 1. The fourth-order valence-electron chi connectivity index (χ4n) is 1.46. The van der Waals surface area contributed by atoms with Crippen molar-refractivity contribution in [3.63, 3.8) is 0 Å². The molecule has 96 valence electrons. The number of nitro benzene ring substituents is 1. The highest BCUT2D eigenvalue weighted by Crippen LogP contribution is 2.11. The van der Waals surface area contributed by atoms with Gasteiger partial charge in [-0.1, -0.05) is 18.2 Å². The molecule has 0 N–H and O–H groups in total. The van der Waals surface area contributed by atoms with Gasteiger partial charge in [-0.3, -0.25) is 10.1 Å². The molecule has 2 aromatic rings. The van der Waals surface area contributed by atoms with Gasteiger partial charge in [0, 0.05) is 6.07 Å². The number of benzene rings is 2. The number of hydrogen-bond donors (Lipinski definition) is 0. The van der Waals surface area contributed by atoms with Crippen molar-refractivity contribution >= 4 is 11.7 Å². The van der Waals surface area contributed by atoms with Crippen molar-refractivity contribution in [2.75, 3.05) is 0 Å². The average Bonchev–Trinajstić information content (AvgIpc) is 2.39. The maximum absolute atomic E-state index is 11.0. The van der Waals surface area contributed by atoms with Gasteiger partial charge in [0.2, 0.25) is 3.57 Å². The van der Waals surface area contributed by atoms with Crippen LogP contribution in [-0.4, -0.2) is 10.9 Å². The molecule has 0 spiro atoms. The molecular weight excluding hydrogens is 361 g/mol. The van der Waals surface area contributed by atoms with Gasteiger partial charge in [0.1, 0.15) is 0 Å². The lowest BCUT2D eigenvalue weighted by Gasteiger charge is -2.01. The Morgan fingerprint density at radius 1 is 1.11 bits per heavy atom. The maximum atomic E-state index is 11.0. The molecule has 5 nitrogen and oxygen atoms in total. The minimum atomic E-state index is -1.31. The molecule has 0 saturated heterocycles. The van der Waals surface area contributed by atoms with Crippen LogP contribution in [-0.2, 0) is 0 Å². The van der Waals surface area contributed by atoms with E-state index in [9.17, 15) is 20.0 Å². The number of non-ortho nitro benzene ring substituents is 1. The first-order valence-corrected chi connectivity index (χ1v) is 7.43. The van der Waals surface area contributed by atoms with Crippen LogP contribution in [0.4, 0.5) is 5.69 Å². The Kier molecular flexibility index (Phi) is 4.10. The molecule has 0 aliphatic rings. The molecule has 0 fully saturated rings. The van der Waals surface area contributed by atoms with Crippen molar-refractivity contribution in [3.05, 3.63) is 71.3 Å². The second-order valence-corrected chi connectivity index (χ2v) is 6.55. The van der Waals surface area contributed by atoms with Crippen LogP contribution in [0.3, 0.4) is 0 Å². The average molecular weight is 369 g/mol. The molecule has 2 rings (SSSR count). The molecule has 6 heteroatoms. The summed E-state index contributed by atoms with van der Waals surface area (Å²) in [6, 6.07) is 13.1. The number of carbonyl (C=O) groups is 1. The number of rotatable bonds is 4. The van der Waals surface area contributed by atoms with Crippen LogP contribution in [0.2, 0.25) is 0 Å². The zero-order valence-electron chi connectivity index (χ0n) is 9.58. The van der Waals surface area contributed by atoms with Gasteiger partial charge in [-0.15, -0.1) is 0 Å². The lowest BCUT2D eigenvalue weighted by molar-refractivity contribution is -0.598. The van der Waals surface area contributed by atoms with Gasteiger partial charge in [-0.05, 0) is 18.2 Å². The summed E-state index contributed by atoms with van der Waals surface area (Å²) in [5.41, 5.74) is -0.0714. The van der Waals surface area contributed by atoms with E-state index >= 15 is 0 Å². The lowest BCUT2D eigenvalue weighted by Crippen LogP contribution is -3.61. The summed E-state index contributed by atoms with van der Waals surface area (Å²) in [5.74, 6) is -1.31. The molecule has 0 heterocycles. The van der Waals surface area contributed by atoms with Crippen LogP contribution in [0, 0.1) is 17.3 Å². The van der Waals surface area contributed by atoms with Gasteiger partial charge in [0.05, 0.1) is 22.5 Å². The first-order valence-electron chi connectivity index (χ1n) is 5.27. The normalized spacial score (nSPS) is 10.1. The number of hydrogen-bond acceptors (Lipinski definition) is 4. The molecule has 0 saturated carbocycles. The Balaban J connectivity index is 2.43. The third-order valence-corrected chi connectivity index (χ3v) is 5.14. The van der Waals surface area contributed by atoms with Gasteiger partial charge < -0.3 is 9.90 Å². The van der Waals surface area contributed by atoms with Gasteiger partial charge in [-0.2, -0.15) is 0 Å². The van der Waals surface area contributed by atoms with Crippen molar-refractivity contribution in [3.8, 4) is 0 Å². The number of nitro groups is 1. The molecule has 2 aromatic carbocycles. The summed E-state index contributed by atoms with van der Waals surface area (Å²) >= 11 is -0.794. The summed E-state index contributed by atoms with van der Waals surface area (Å²) in [5, 5.41) is 21.8. The Bertz CT molecular complexity index is 628. The Labute approximate surface area is 119 Å². The molecule has 0 amide bonds. The number of nitrogens with zero attached hydrogens (tertiary/aromatic N) is 1. The number of carboxylic acid groups (broad SMARTS) is 1. The van der Waals surface area contributed by atoms with E-state index in [1.807, 2.05) is 30.3 Å². The monoisotopic (exact) mass is 369 g/mol. The minimum absolute atomic E-state index is 0.0299. The Hall–Kier alpha value is -1.96. The van der Waals surface area contributed by atoms with E-state index in [-0.39, 0.29) is 11.3 Å². The molecule has 0 atom stereocenters. The van der Waals surface area contributed by atoms with E-state index in [0.29, 0.717) is 3.57 Å². The smallest absolute Gasteiger partial charge is 0.358 e. The largest absolute Gasteiger partial charge is 0.545 e. The van der Waals surface area contributed by atoms with E-state index in [4.69, 9.17) is 0 Å². The van der Waals surface area contributed by atoms with Crippen molar-refractivity contribution in [2.45, 2.75) is 0 Å². The molecule has 0 aliphatic carbocycles. The Morgan fingerprint density at radius 3 is 2.37 bits per heavy atom. The zero-order chi connectivity index (χ0) is 13.8. The van der Waals surface area contributed by atoms with Gasteiger partial charge in [0.25, 0.3) is 5.69 Å². The molecule has 0 bridgehead atoms. The van der Waals surface area contributed by atoms with Crippen LogP contribution in [0.15, 0.2) is 48.5 Å². The highest BCUT2D eigenvalue weighted by atomic mass is 127. The number of halogens is 1. The van der Waals surface area contributed by atoms with E-state index in [1.54, 1.807) is 0 Å². The maximum Gasteiger partial charge on any atom is 0.358 e. The first kappa shape index (κ1) is 13.5. The van der Waals surface area contributed by atoms with E-state index in [2.05, 4.69) is 0 Å². The van der Waals surface area contributed by atoms with Crippen molar-refractivity contribution in [1.82, 2.24) is 0 Å². The van der Waals surface area contributed by atoms with E-state index < -0.39 is 32.1 Å². The standard InChI is InChI=1S/C13H8INO4/c16-13(17)11-7-6-10(15(18)19)8-12(11)14-9-4-2-1-3-5-9/h1-8H. The van der Waals surface area contributed by atoms with Crippen molar-refractivity contribution < 1.29 is 36.0 Å². The molecule has 0 aliphatic heterocycles. The van der Waals surface area contributed by atoms with Crippen LogP contribution in [0.25, 0.3) is 0 Å². The van der Waals surface area contributed by atoms with Crippen LogP contribution < -0.4 is 26.3 Å². The summed E-state index contributed by atoms with van der Waals surface area (Å²) in [7, 11) is 0. The fourth-order valence-corrected chi connectivity index (χ4v) is 4.07. The summed E-state index contributed by atoms with van der Waals surface area (Å²) in [6.45, 7) is 0. The van der Waals surface area contributed by atoms with E-state index in [0.717, 1.165) is 3.57 Å². The first-order chi connectivity index (χ1) is 9.08. The quantitative estimate of drug-likeness (QED) is 0.358. The Morgan fingerprint density at radius 2 is 1.79 bits per heavy atom. The summed E-state index contributed by atoms with van der Waals surface area (Å²) in [6.07, 6.45) is 0. The number of carboxylic acids is 1.